The van der Waals surface area contributed by atoms with Gasteiger partial charge in [-0.2, -0.15) is 13.2 Å². The minimum absolute atomic E-state index is 0.0254. The highest BCUT2D eigenvalue weighted by Crippen LogP contribution is 2.35. The van der Waals surface area contributed by atoms with Gasteiger partial charge in [0.25, 0.3) is 0 Å². The molecule has 0 heterocycles. The summed E-state index contributed by atoms with van der Waals surface area (Å²) >= 11 is 0. The fourth-order valence-corrected chi connectivity index (χ4v) is 1.56. The molecule has 0 amide bonds. The van der Waals surface area contributed by atoms with Crippen molar-refractivity contribution in [2.24, 2.45) is 0 Å². The summed E-state index contributed by atoms with van der Waals surface area (Å²) < 4.78 is 37.8. The van der Waals surface area contributed by atoms with Crippen LogP contribution in [0.2, 0.25) is 0 Å². The van der Waals surface area contributed by atoms with Crippen molar-refractivity contribution < 1.29 is 23.1 Å². The molecule has 0 saturated heterocycles. The van der Waals surface area contributed by atoms with Gasteiger partial charge in [-0.05, 0) is 17.5 Å². The van der Waals surface area contributed by atoms with Crippen LogP contribution in [0.4, 0.5) is 13.2 Å². The number of rotatable bonds is 3. The Bertz CT molecular complexity index is 385. The van der Waals surface area contributed by atoms with Crippen LogP contribution in [0, 0.1) is 0 Å². The predicted molar refractivity (Wildman–Crippen MR) is 52.1 cm³/mol. The minimum Gasteiger partial charge on any atom is -0.481 e. The second-order valence-electron chi connectivity index (χ2n) is 3.58. The average molecular weight is 232 g/mol. The third kappa shape index (κ3) is 2.98. The quantitative estimate of drug-likeness (QED) is 0.868. The van der Waals surface area contributed by atoms with E-state index in [0.29, 0.717) is 0 Å². The van der Waals surface area contributed by atoms with Gasteiger partial charge in [0, 0.05) is 0 Å². The smallest absolute Gasteiger partial charge is 0.416 e. The standard InChI is InChI=1S/C11H11F3O2/c1-7(6-10(15)16)8-4-2-3-5-9(8)11(12,13)14/h2-5,7H,6H2,1H3,(H,15,16). The van der Waals surface area contributed by atoms with Gasteiger partial charge in [0.05, 0.1) is 12.0 Å². The molecule has 1 aromatic rings. The van der Waals surface area contributed by atoms with Gasteiger partial charge < -0.3 is 5.11 Å². The molecule has 1 unspecified atom stereocenters. The van der Waals surface area contributed by atoms with Gasteiger partial charge in [-0.3, -0.25) is 4.79 Å². The van der Waals surface area contributed by atoms with E-state index in [1.807, 2.05) is 0 Å². The first kappa shape index (κ1) is 12.5. The van der Waals surface area contributed by atoms with Crippen molar-refractivity contribution in [1.29, 1.82) is 0 Å². The summed E-state index contributed by atoms with van der Waals surface area (Å²) in [5.74, 6) is -1.76. The van der Waals surface area contributed by atoms with Crippen LogP contribution in [0.25, 0.3) is 0 Å². The van der Waals surface area contributed by atoms with Crippen molar-refractivity contribution in [1.82, 2.24) is 0 Å². The summed E-state index contributed by atoms with van der Waals surface area (Å²) in [4.78, 5) is 10.5. The summed E-state index contributed by atoms with van der Waals surface area (Å²) in [6.45, 7) is 1.47. The first-order chi connectivity index (χ1) is 7.32. The molecule has 1 atom stereocenters. The predicted octanol–water partition coefficient (Wildman–Crippen LogP) is 3.28. The second-order valence-corrected chi connectivity index (χ2v) is 3.58. The normalized spacial score (nSPS) is 13.5. The van der Waals surface area contributed by atoms with Gasteiger partial charge in [-0.15, -0.1) is 0 Å². The lowest BCUT2D eigenvalue weighted by Gasteiger charge is -2.16. The van der Waals surface area contributed by atoms with Crippen LogP contribution in [0.15, 0.2) is 24.3 Å². The van der Waals surface area contributed by atoms with Crippen molar-refractivity contribution in [2.75, 3.05) is 0 Å². The molecule has 88 valence electrons. The fourth-order valence-electron chi connectivity index (χ4n) is 1.56. The van der Waals surface area contributed by atoms with E-state index in [2.05, 4.69) is 0 Å². The Kier molecular flexibility index (Phi) is 3.57. The van der Waals surface area contributed by atoms with Crippen molar-refractivity contribution in [3.63, 3.8) is 0 Å². The number of aliphatic carboxylic acids is 1. The van der Waals surface area contributed by atoms with Crippen molar-refractivity contribution in [3.05, 3.63) is 35.4 Å². The Balaban J connectivity index is 3.08. The maximum absolute atomic E-state index is 12.6. The Labute approximate surface area is 90.7 Å². The molecule has 5 heteroatoms. The van der Waals surface area contributed by atoms with Crippen LogP contribution in [0.1, 0.15) is 30.4 Å². The van der Waals surface area contributed by atoms with Crippen LogP contribution in [0.3, 0.4) is 0 Å². The maximum atomic E-state index is 12.6. The molecule has 0 bridgehead atoms. The summed E-state index contributed by atoms with van der Waals surface area (Å²) in [6.07, 6.45) is -4.75. The molecular formula is C11H11F3O2. The van der Waals surface area contributed by atoms with Gasteiger partial charge >= 0.3 is 12.1 Å². The van der Waals surface area contributed by atoms with Gasteiger partial charge in [-0.1, -0.05) is 25.1 Å². The number of carboxylic acids is 1. The highest BCUT2D eigenvalue weighted by atomic mass is 19.4. The molecule has 0 aliphatic rings. The molecule has 2 nitrogen and oxygen atoms in total. The van der Waals surface area contributed by atoms with E-state index in [1.54, 1.807) is 0 Å². The summed E-state index contributed by atoms with van der Waals surface area (Å²) in [5.41, 5.74) is -0.735. The topological polar surface area (TPSA) is 37.3 Å². The summed E-state index contributed by atoms with van der Waals surface area (Å²) in [6, 6.07) is 5.05. The van der Waals surface area contributed by atoms with Crippen molar-refractivity contribution >= 4 is 5.97 Å². The lowest BCUT2D eigenvalue weighted by molar-refractivity contribution is -0.140. The molecule has 1 N–H and O–H groups in total. The number of halogens is 3. The Morgan fingerprint density at radius 1 is 1.38 bits per heavy atom. The number of carboxylic acid groups (broad SMARTS) is 1. The molecule has 0 fully saturated rings. The molecule has 1 rings (SSSR count). The number of carbonyl (C=O) groups is 1. The van der Waals surface area contributed by atoms with Crippen molar-refractivity contribution in [2.45, 2.75) is 25.4 Å². The van der Waals surface area contributed by atoms with E-state index in [0.717, 1.165) is 6.07 Å². The van der Waals surface area contributed by atoms with E-state index in [-0.39, 0.29) is 12.0 Å². The molecule has 0 aliphatic heterocycles. The van der Waals surface area contributed by atoms with Crippen LogP contribution in [-0.2, 0) is 11.0 Å². The molecule has 16 heavy (non-hydrogen) atoms. The molecule has 0 saturated carbocycles. The molecule has 0 spiro atoms. The highest BCUT2D eigenvalue weighted by molar-refractivity contribution is 5.68. The third-order valence-corrected chi connectivity index (χ3v) is 2.28. The molecular weight excluding hydrogens is 221 g/mol. The SMILES string of the molecule is CC(CC(=O)O)c1ccccc1C(F)(F)F. The lowest BCUT2D eigenvalue weighted by Crippen LogP contribution is -2.12. The van der Waals surface area contributed by atoms with E-state index in [1.165, 1.54) is 25.1 Å². The molecule has 0 radical (unpaired) electrons. The summed E-state index contributed by atoms with van der Waals surface area (Å²) in [7, 11) is 0. The number of hydrogen-bond acceptors (Lipinski definition) is 1. The Hall–Kier alpha value is -1.52. The Morgan fingerprint density at radius 2 is 1.94 bits per heavy atom. The summed E-state index contributed by atoms with van der Waals surface area (Å²) in [5, 5.41) is 8.56. The van der Waals surface area contributed by atoms with Gasteiger partial charge in [-0.25, -0.2) is 0 Å². The van der Waals surface area contributed by atoms with Crippen molar-refractivity contribution in [3.8, 4) is 0 Å². The molecule has 0 aromatic heterocycles. The first-order valence-corrected chi connectivity index (χ1v) is 4.70. The largest absolute Gasteiger partial charge is 0.481 e. The van der Waals surface area contributed by atoms with Gasteiger partial charge in [0.2, 0.25) is 0 Å². The zero-order valence-corrected chi connectivity index (χ0v) is 8.58. The second kappa shape index (κ2) is 4.55. The monoisotopic (exact) mass is 232 g/mol. The number of alkyl halides is 3. The van der Waals surface area contributed by atoms with E-state index >= 15 is 0 Å². The average Bonchev–Trinajstić information content (AvgIpc) is 2.15. The number of hydrogen-bond donors (Lipinski definition) is 1. The maximum Gasteiger partial charge on any atom is 0.416 e. The fraction of sp³-hybridized carbons (Fsp3) is 0.364. The van der Waals surface area contributed by atoms with E-state index < -0.39 is 23.6 Å². The van der Waals surface area contributed by atoms with Crippen LogP contribution < -0.4 is 0 Å². The van der Waals surface area contributed by atoms with Crippen LogP contribution >= 0.6 is 0 Å². The van der Waals surface area contributed by atoms with Crippen LogP contribution in [0.5, 0.6) is 0 Å². The highest BCUT2D eigenvalue weighted by Gasteiger charge is 2.34. The van der Waals surface area contributed by atoms with E-state index in [4.69, 9.17) is 5.11 Å². The lowest BCUT2D eigenvalue weighted by atomic mass is 9.93. The number of benzene rings is 1. The minimum atomic E-state index is -4.44. The Morgan fingerprint density at radius 3 is 2.44 bits per heavy atom. The van der Waals surface area contributed by atoms with Gasteiger partial charge in [0.1, 0.15) is 0 Å². The molecule has 0 aliphatic carbocycles. The molecule has 1 aromatic carbocycles. The zero-order valence-electron chi connectivity index (χ0n) is 8.58. The zero-order chi connectivity index (χ0) is 12.3. The first-order valence-electron chi connectivity index (χ1n) is 4.70. The third-order valence-electron chi connectivity index (χ3n) is 2.28. The van der Waals surface area contributed by atoms with Crippen LogP contribution in [-0.4, -0.2) is 11.1 Å². The van der Waals surface area contributed by atoms with Gasteiger partial charge in [0.15, 0.2) is 0 Å². The van der Waals surface area contributed by atoms with E-state index in [9.17, 15) is 18.0 Å².